The van der Waals surface area contributed by atoms with E-state index in [1.165, 1.54) is 11.3 Å². The second-order valence-corrected chi connectivity index (χ2v) is 7.51. The second-order valence-electron chi connectivity index (χ2n) is 6.50. The Labute approximate surface area is 155 Å². The van der Waals surface area contributed by atoms with E-state index in [4.69, 9.17) is 0 Å². The zero-order valence-electron chi connectivity index (χ0n) is 14.4. The number of hydrogen-bond acceptors (Lipinski definition) is 4. The lowest BCUT2D eigenvalue weighted by molar-refractivity contribution is -0.121. The summed E-state index contributed by atoms with van der Waals surface area (Å²) >= 11 is 1.50. The van der Waals surface area contributed by atoms with Gasteiger partial charge in [0.15, 0.2) is 5.13 Å². The maximum atomic E-state index is 12.6. The number of para-hydroxylation sites is 2. The van der Waals surface area contributed by atoms with Gasteiger partial charge >= 0.3 is 0 Å². The monoisotopic (exact) mass is 365 g/mol. The summed E-state index contributed by atoms with van der Waals surface area (Å²) in [6, 6.07) is 15.7. The molecule has 1 aliphatic heterocycles. The first kappa shape index (κ1) is 16.7. The molecule has 0 saturated heterocycles. The highest BCUT2D eigenvalue weighted by molar-refractivity contribution is 7.22. The molecule has 2 aromatic carbocycles. The largest absolute Gasteiger partial charge is 0.326 e. The van der Waals surface area contributed by atoms with E-state index in [0.29, 0.717) is 24.4 Å². The maximum Gasteiger partial charge on any atom is 0.228 e. The molecule has 6 heteroatoms. The highest BCUT2D eigenvalue weighted by atomic mass is 32.1. The van der Waals surface area contributed by atoms with Crippen LogP contribution in [0.15, 0.2) is 48.5 Å². The van der Waals surface area contributed by atoms with E-state index in [1.807, 2.05) is 48.5 Å². The fourth-order valence-electron chi connectivity index (χ4n) is 3.22. The quantitative estimate of drug-likeness (QED) is 0.764. The highest BCUT2D eigenvalue weighted by Gasteiger charge is 2.27. The van der Waals surface area contributed by atoms with E-state index >= 15 is 0 Å². The molecule has 132 valence electrons. The van der Waals surface area contributed by atoms with Crippen LogP contribution in [-0.2, 0) is 16.0 Å². The van der Waals surface area contributed by atoms with Crippen LogP contribution >= 0.6 is 11.3 Å². The number of aromatic nitrogens is 1. The van der Waals surface area contributed by atoms with Crippen molar-refractivity contribution in [3.8, 4) is 0 Å². The van der Waals surface area contributed by atoms with E-state index in [0.717, 1.165) is 21.5 Å². The third-order valence-electron chi connectivity index (χ3n) is 4.76. The lowest BCUT2D eigenvalue weighted by atomic mass is 9.89. The average Bonchev–Trinajstić information content (AvgIpc) is 3.09. The third-order valence-corrected chi connectivity index (χ3v) is 5.88. The average molecular weight is 365 g/mol. The van der Waals surface area contributed by atoms with Gasteiger partial charge in [-0.1, -0.05) is 41.7 Å². The number of nitrogens with zero attached hydrogens (tertiary/aromatic N) is 2. The van der Waals surface area contributed by atoms with Gasteiger partial charge in [0, 0.05) is 25.1 Å². The minimum Gasteiger partial charge on any atom is -0.326 e. The molecule has 1 aromatic heterocycles. The molecular formula is C20H19N3O2S. The first-order valence-electron chi connectivity index (χ1n) is 8.63. The predicted octanol–water partition coefficient (Wildman–Crippen LogP) is 3.85. The van der Waals surface area contributed by atoms with Crippen LogP contribution in [0.2, 0.25) is 0 Å². The topological polar surface area (TPSA) is 62.3 Å². The van der Waals surface area contributed by atoms with Crippen molar-refractivity contribution in [2.45, 2.75) is 19.3 Å². The lowest BCUT2D eigenvalue weighted by Gasteiger charge is -2.24. The van der Waals surface area contributed by atoms with E-state index in [2.05, 4.69) is 10.3 Å². The van der Waals surface area contributed by atoms with Crippen LogP contribution in [0.3, 0.4) is 0 Å². The molecule has 0 aliphatic carbocycles. The molecular weight excluding hydrogens is 346 g/mol. The first-order chi connectivity index (χ1) is 12.6. The van der Waals surface area contributed by atoms with Gasteiger partial charge in [0.2, 0.25) is 11.8 Å². The molecule has 5 nitrogen and oxygen atoms in total. The van der Waals surface area contributed by atoms with Crippen LogP contribution in [0.25, 0.3) is 10.2 Å². The van der Waals surface area contributed by atoms with Gasteiger partial charge in [0.1, 0.15) is 0 Å². The number of anilines is 2. The Hall–Kier alpha value is -2.73. The molecule has 2 amide bonds. The number of thiazole rings is 1. The Kier molecular flexibility index (Phi) is 4.42. The minimum absolute atomic E-state index is 0.000796. The van der Waals surface area contributed by atoms with Crippen molar-refractivity contribution in [3.63, 3.8) is 0 Å². The van der Waals surface area contributed by atoms with Gasteiger partial charge in [-0.05, 0) is 36.6 Å². The van der Waals surface area contributed by atoms with E-state index in [-0.39, 0.29) is 17.7 Å². The third kappa shape index (κ3) is 3.20. The Balaban J connectivity index is 1.41. The van der Waals surface area contributed by atoms with Gasteiger partial charge < -0.3 is 5.32 Å². The van der Waals surface area contributed by atoms with Crippen molar-refractivity contribution in [3.05, 3.63) is 54.1 Å². The van der Waals surface area contributed by atoms with Gasteiger partial charge in [-0.3, -0.25) is 14.5 Å². The van der Waals surface area contributed by atoms with Gasteiger partial charge in [-0.2, -0.15) is 0 Å². The molecule has 26 heavy (non-hydrogen) atoms. The molecule has 1 unspecified atom stereocenters. The molecule has 0 fully saturated rings. The summed E-state index contributed by atoms with van der Waals surface area (Å²) in [5.41, 5.74) is 2.91. The normalized spacial score (nSPS) is 16.2. The molecule has 0 radical (unpaired) electrons. The van der Waals surface area contributed by atoms with Crippen LogP contribution < -0.4 is 10.2 Å². The van der Waals surface area contributed by atoms with Gasteiger partial charge in [-0.25, -0.2) is 4.98 Å². The number of fused-ring (bicyclic) bond motifs is 2. The standard InChI is InChI=1S/C20H19N3O2S/c1-23(20-22-16-8-4-5-9-17(16)26-20)18(24)11-10-14-12-13-6-2-3-7-15(13)21-19(14)25/h2-9,14H,10-12H2,1H3,(H,21,25). The SMILES string of the molecule is CN(C(=O)CCC1Cc2ccccc2NC1=O)c1nc2ccccc2s1. The zero-order chi connectivity index (χ0) is 18.1. The summed E-state index contributed by atoms with van der Waals surface area (Å²) in [5, 5.41) is 3.63. The Bertz CT molecular complexity index is 949. The van der Waals surface area contributed by atoms with Crippen LogP contribution in [0, 0.1) is 5.92 Å². The first-order valence-corrected chi connectivity index (χ1v) is 9.44. The summed E-state index contributed by atoms with van der Waals surface area (Å²) in [6.45, 7) is 0. The fraction of sp³-hybridized carbons (Fsp3) is 0.250. The number of benzene rings is 2. The molecule has 1 N–H and O–H groups in total. The number of amides is 2. The Morgan fingerprint density at radius 2 is 2.00 bits per heavy atom. The van der Waals surface area contributed by atoms with Crippen LogP contribution in [-0.4, -0.2) is 23.8 Å². The van der Waals surface area contributed by atoms with Crippen molar-refractivity contribution in [1.82, 2.24) is 4.98 Å². The van der Waals surface area contributed by atoms with E-state index in [9.17, 15) is 9.59 Å². The summed E-state index contributed by atoms with van der Waals surface area (Å²) in [5.74, 6) is -0.188. The molecule has 0 spiro atoms. The molecule has 0 bridgehead atoms. The number of carbonyl (C=O) groups is 2. The van der Waals surface area contributed by atoms with Crippen LogP contribution in [0.4, 0.5) is 10.8 Å². The number of nitrogens with one attached hydrogen (secondary N) is 1. The predicted molar refractivity (Wildman–Crippen MR) is 105 cm³/mol. The fourth-order valence-corrected chi connectivity index (χ4v) is 4.17. The van der Waals surface area contributed by atoms with Crippen molar-refractivity contribution >= 4 is 44.2 Å². The Morgan fingerprint density at radius 1 is 1.23 bits per heavy atom. The molecule has 3 aromatic rings. The Morgan fingerprint density at radius 3 is 2.85 bits per heavy atom. The summed E-state index contributed by atoms with van der Waals surface area (Å²) < 4.78 is 1.06. The van der Waals surface area contributed by atoms with Gasteiger partial charge in [0.25, 0.3) is 0 Å². The maximum absolute atomic E-state index is 12.6. The minimum atomic E-state index is -0.169. The smallest absolute Gasteiger partial charge is 0.228 e. The summed E-state index contributed by atoms with van der Waals surface area (Å²) in [4.78, 5) is 31.0. The number of hydrogen-bond donors (Lipinski definition) is 1. The highest BCUT2D eigenvalue weighted by Crippen LogP contribution is 2.30. The lowest BCUT2D eigenvalue weighted by Crippen LogP contribution is -2.32. The van der Waals surface area contributed by atoms with Crippen LogP contribution in [0.1, 0.15) is 18.4 Å². The number of carbonyl (C=O) groups excluding carboxylic acids is 2. The number of rotatable bonds is 4. The van der Waals surface area contributed by atoms with Crippen molar-refractivity contribution in [2.75, 3.05) is 17.3 Å². The van der Waals surface area contributed by atoms with Crippen LogP contribution in [0.5, 0.6) is 0 Å². The van der Waals surface area contributed by atoms with E-state index < -0.39 is 0 Å². The molecule has 4 rings (SSSR count). The molecule has 0 saturated carbocycles. The van der Waals surface area contributed by atoms with E-state index in [1.54, 1.807) is 11.9 Å². The molecule has 1 atom stereocenters. The molecule has 1 aliphatic rings. The second kappa shape index (κ2) is 6.88. The van der Waals surface area contributed by atoms with Gasteiger partial charge in [-0.15, -0.1) is 0 Å². The van der Waals surface area contributed by atoms with Crippen molar-refractivity contribution < 1.29 is 9.59 Å². The summed E-state index contributed by atoms with van der Waals surface area (Å²) in [6.07, 6.45) is 1.54. The van der Waals surface area contributed by atoms with Gasteiger partial charge in [0.05, 0.1) is 10.2 Å². The summed E-state index contributed by atoms with van der Waals surface area (Å²) in [7, 11) is 1.75. The zero-order valence-corrected chi connectivity index (χ0v) is 15.3. The van der Waals surface area contributed by atoms with Crippen molar-refractivity contribution in [2.24, 2.45) is 5.92 Å². The molecule has 2 heterocycles. The van der Waals surface area contributed by atoms with Crippen molar-refractivity contribution in [1.29, 1.82) is 0 Å².